The first kappa shape index (κ1) is 30.0. The normalized spacial score (nSPS) is 18.6. The minimum atomic E-state index is -1.05. The summed E-state index contributed by atoms with van der Waals surface area (Å²) in [6.45, 7) is 4.34. The van der Waals surface area contributed by atoms with Crippen LogP contribution >= 0.6 is 0 Å². The van der Waals surface area contributed by atoms with Gasteiger partial charge in [0.1, 0.15) is 17.6 Å². The molecular weight excluding hydrogens is 517 g/mol. The van der Waals surface area contributed by atoms with Crippen molar-refractivity contribution in [1.29, 1.82) is 0 Å². The van der Waals surface area contributed by atoms with E-state index in [0.717, 1.165) is 62.3 Å². The van der Waals surface area contributed by atoms with E-state index in [1.165, 1.54) is 25.8 Å². The van der Waals surface area contributed by atoms with Crippen LogP contribution in [-0.2, 0) is 27.1 Å². The highest BCUT2D eigenvalue weighted by Crippen LogP contribution is 2.37. The molecule has 40 heavy (non-hydrogen) atoms. The molecule has 10 heteroatoms. The van der Waals surface area contributed by atoms with Gasteiger partial charge in [-0.3, -0.25) is 9.69 Å². The van der Waals surface area contributed by atoms with Crippen LogP contribution in [-0.4, -0.2) is 74.6 Å². The van der Waals surface area contributed by atoms with E-state index in [1.807, 2.05) is 4.90 Å². The zero-order valence-corrected chi connectivity index (χ0v) is 24.0. The van der Waals surface area contributed by atoms with Crippen LogP contribution in [0.3, 0.4) is 0 Å². The monoisotopic (exact) mass is 559 g/mol. The van der Waals surface area contributed by atoms with Crippen LogP contribution in [0.1, 0.15) is 73.6 Å². The molecule has 2 N–H and O–H groups in total. The Labute approximate surface area is 236 Å². The minimum Gasteiger partial charge on any atom is -0.496 e. The maximum atomic E-state index is 14.9. The van der Waals surface area contributed by atoms with Crippen LogP contribution in [0.2, 0.25) is 0 Å². The van der Waals surface area contributed by atoms with E-state index in [2.05, 4.69) is 11.4 Å². The van der Waals surface area contributed by atoms with E-state index in [-0.39, 0.29) is 23.5 Å². The second-order valence-corrected chi connectivity index (χ2v) is 10.5. The molecule has 0 spiro atoms. The Kier molecular flexibility index (Phi) is 10.6. The Morgan fingerprint density at radius 2 is 2.02 bits per heavy atom. The molecule has 0 radical (unpaired) electrons. The number of carboxylic acid groups (broad SMARTS) is 1. The van der Waals surface area contributed by atoms with E-state index in [0.29, 0.717) is 31.7 Å². The fourth-order valence-corrected chi connectivity index (χ4v) is 5.64. The van der Waals surface area contributed by atoms with Crippen LogP contribution in [0.15, 0.2) is 18.2 Å². The fraction of sp³-hybridized carbons (Fsp3) is 0.600. The number of pyridine rings is 1. The zero-order chi connectivity index (χ0) is 28.6. The van der Waals surface area contributed by atoms with Crippen LogP contribution < -0.4 is 14.8 Å². The highest BCUT2D eigenvalue weighted by molar-refractivity contribution is 5.77. The zero-order valence-electron chi connectivity index (χ0n) is 24.0. The lowest BCUT2D eigenvalue weighted by atomic mass is 9.98. The van der Waals surface area contributed by atoms with Gasteiger partial charge in [-0.1, -0.05) is 6.42 Å². The quantitative estimate of drug-likeness (QED) is 0.312. The van der Waals surface area contributed by atoms with E-state index >= 15 is 0 Å². The molecule has 0 amide bonds. The van der Waals surface area contributed by atoms with Gasteiger partial charge in [-0.05, 0) is 63.1 Å². The number of hydrogen-bond donors (Lipinski definition) is 2. The number of benzene rings is 1. The third-order valence-electron chi connectivity index (χ3n) is 7.87. The Bertz CT molecular complexity index is 1150. The van der Waals surface area contributed by atoms with E-state index in [4.69, 9.17) is 23.9 Å². The van der Waals surface area contributed by atoms with Crippen LogP contribution in [0.5, 0.6) is 11.5 Å². The predicted octanol–water partition coefficient (Wildman–Crippen LogP) is 4.93. The molecule has 1 aromatic carbocycles. The third-order valence-corrected chi connectivity index (χ3v) is 7.87. The molecule has 0 aliphatic carbocycles. The lowest BCUT2D eigenvalue weighted by molar-refractivity contribution is -0.143. The number of anilines is 1. The maximum absolute atomic E-state index is 14.9. The van der Waals surface area contributed by atoms with Crippen LogP contribution in [0, 0.1) is 5.82 Å². The first-order chi connectivity index (χ1) is 19.4. The van der Waals surface area contributed by atoms with Crippen molar-refractivity contribution in [3.63, 3.8) is 0 Å². The van der Waals surface area contributed by atoms with E-state index in [9.17, 15) is 14.3 Å². The van der Waals surface area contributed by atoms with Gasteiger partial charge >= 0.3 is 5.97 Å². The molecule has 1 unspecified atom stereocenters. The second-order valence-electron chi connectivity index (χ2n) is 10.5. The number of fused-ring (bicyclic) bond motifs is 1. The average molecular weight is 560 g/mol. The number of aromatic nitrogens is 1. The molecule has 4 rings (SSSR count). The SMILES string of the molecule is COc1cc(CCCCCO[C@@H]2CCN([C@H](C(=O)O)c3cc(C(C)OC)cc(F)c3OC)C2)nc2c1CCCN2. The van der Waals surface area contributed by atoms with Crippen molar-refractivity contribution in [3.05, 3.63) is 46.4 Å². The number of halogens is 1. The van der Waals surface area contributed by atoms with Crippen molar-refractivity contribution in [2.24, 2.45) is 0 Å². The van der Waals surface area contributed by atoms with Gasteiger partial charge in [0.25, 0.3) is 0 Å². The topological polar surface area (TPSA) is 102 Å². The number of aliphatic carboxylic acids is 1. The van der Waals surface area contributed by atoms with Gasteiger partial charge < -0.3 is 29.4 Å². The summed E-state index contributed by atoms with van der Waals surface area (Å²) in [5, 5.41) is 13.5. The number of unbranched alkanes of at least 4 members (excludes halogenated alkanes) is 2. The van der Waals surface area contributed by atoms with Crippen LogP contribution in [0.4, 0.5) is 10.2 Å². The average Bonchev–Trinajstić information content (AvgIpc) is 3.41. The summed E-state index contributed by atoms with van der Waals surface area (Å²) in [5.41, 5.74) is 3.06. The summed E-state index contributed by atoms with van der Waals surface area (Å²) in [7, 11) is 4.59. The van der Waals surface area contributed by atoms with Crippen molar-refractivity contribution >= 4 is 11.8 Å². The van der Waals surface area contributed by atoms with Gasteiger partial charge in [0, 0.05) is 56.2 Å². The highest BCUT2D eigenvalue weighted by atomic mass is 19.1. The van der Waals surface area contributed by atoms with Crippen molar-refractivity contribution in [3.8, 4) is 11.5 Å². The smallest absolute Gasteiger partial charge is 0.325 e. The molecule has 3 heterocycles. The summed E-state index contributed by atoms with van der Waals surface area (Å²) >= 11 is 0. The van der Waals surface area contributed by atoms with Crippen molar-refractivity contribution in [2.45, 2.75) is 70.1 Å². The number of rotatable bonds is 14. The lowest BCUT2D eigenvalue weighted by Crippen LogP contribution is -2.34. The van der Waals surface area contributed by atoms with E-state index < -0.39 is 17.8 Å². The minimum absolute atomic E-state index is 0.0503. The Morgan fingerprint density at radius 1 is 1.20 bits per heavy atom. The maximum Gasteiger partial charge on any atom is 0.325 e. The van der Waals surface area contributed by atoms with Crippen molar-refractivity contribution < 1.29 is 33.2 Å². The molecule has 0 bridgehead atoms. The largest absolute Gasteiger partial charge is 0.496 e. The number of hydrogen-bond acceptors (Lipinski definition) is 8. The fourth-order valence-electron chi connectivity index (χ4n) is 5.64. The third kappa shape index (κ3) is 7.03. The summed E-state index contributed by atoms with van der Waals surface area (Å²) in [5.74, 6) is 0.169. The molecule has 9 nitrogen and oxygen atoms in total. The highest BCUT2D eigenvalue weighted by Gasteiger charge is 2.37. The van der Waals surface area contributed by atoms with Crippen molar-refractivity contribution in [1.82, 2.24) is 9.88 Å². The van der Waals surface area contributed by atoms with Gasteiger partial charge in [0.05, 0.1) is 26.4 Å². The number of nitrogens with one attached hydrogen (secondary N) is 1. The number of ether oxygens (including phenoxy) is 4. The molecule has 3 atom stereocenters. The van der Waals surface area contributed by atoms with Gasteiger partial charge in [0.15, 0.2) is 11.6 Å². The summed E-state index contributed by atoms with van der Waals surface area (Å²) < 4.78 is 37.2. The molecular formula is C30H42FN3O6. The van der Waals surface area contributed by atoms with Gasteiger partial charge in [0.2, 0.25) is 0 Å². The molecule has 2 aliphatic rings. The standard InChI is InChI=1S/C30H42FN3O6/c1-19(37-2)20-15-24(28(39-4)25(31)16-20)27(30(35)36)34-13-11-22(18-34)40-14-7-5-6-9-21-17-26(38-3)23-10-8-12-32-29(23)33-21/h15-17,19,22,27H,5-14,18H2,1-4H3,(H,32,33)(H,35,36)/t19?,22-,27+/m1/s1. The first-order valence-corrected chi connectivity index (χ1v) is 14.2. The number of nitrogens with zero attached hydrogens (tertiary/aromatic N) is 2. The van der Waals surface area contributed by atoms with Gasteiger partial charge in [-0.25, -0.2) is 9.37 Å². The number of carboxylic acids is 1. The van der Waals surface area contributed by atoms with E-state index in [1.54, 1.807) is 20.1 Å². The molecule has 0 saturated carbocycles. The number of methoxy groups -OCH3 is 3. The Balaban J connectivity index is 1.28. The summed E-state index contributed by atoms with van der Waals surface area (Å²) in [6, 6.07) is 4.02. The molecule has 2 aromatic rings. The predicted molar refractivity (Wildman–Crippen MR) is 150 cm³/mol. The lowest BCUT2D eigenvalue weighted by Gasteiger charge is -2.27. The van der Waals surface area contributed by atoms with Gasteiger partial charge in [-0.15, -0.1) is 0 Å². The molecule has 2 aliphatic heterocycles. The molecule has 1 fully saturated rings. The van der Waals surface area contributed by atoms with Crippen LogP contribution in [0.25, 0.3) is 0 Å². The molecule has 1 saturated heterocycles. The van der Waals surface area contributed by atoms with Gasteiger partial charge in [-0.2, -0.15) is 0 Å². The number of carbonyl (C=O) groups is 1. The second kappa shape index (κ2) is 14.1. The molecule has 1 aromatic heterocycles. The molecule has 220 valence electrons. The summed E-state index contributed by atoms with van der Waals surface area (Å²) in [4.78, 5) is 19.0. The number of likely N-dealkylation sites (tertiary alicyclic amines) is 1. The first-order valence-electron chi connectivity index (χ1n) is 14.2. The summed E-state index contributed by atoms with van der Waals surface area (Å²) in [6.07, 6.45) is 6.13. The van der Waals surface area contributed by atoms with Crippen molar-refractivity contribution in [2.75, 3.05) is 52.9 Å². The Morgan fingerprint density at radius 3 is 2.75 bits per heavy atom. The number of aryl methyl sites for hydroxylation is 1. The Hall–Kier alpha value is -2.95.